The standard InChI is InChI=1S/C11H18N2O2S/c1-7(14)11(2,3)13-10(15)9(12)8-5-4-6-16-8/h4-7,9,14H,12H2,1-3H3,(H,13,15). The van der Waals surface area contributed by atoms with E-state index in [-0.39, 0.29) is 5.91 Å². The topological polar surface area (TPSA) is 75.3 Å². The van der Waals surface area contributed by atoms with E-state index >= 15 is 0 Å². The molecule has 0 spiro atoms. The SMILES string of the molecule is CC(O)C(C)(C)NC(=O)C(N)c1cccs1. The van der Waals surface area contributed by atoms with Crippen molar-refractivity contribution in [2.75, 3.05) is 0 Å². The number of nitrogens with two attached hydrogens (primary N) is 1. The van der Waals surface area contributed by atoms with Gasteiger partial charge in [0.05, 0.1) is 11.6 Å². The summed E-state index contributed by atoms with van der Waals surface area (Å²) >= 11 is 1.45. The Bertz CT molecular complexity index is 347. The van der Waals surface area contributed by atoms with E-state index in [1.165, 1.54) is 11.3 Å². The van der Waals surface area contributed by atoms with E-state index in [9.17, 15) is 9.90 Å². The predicted molar refractivity (Wildman–Crippen MR) is 65.1 cm³/mol. The van der Waals surface area contributed by atoms with Gasteiger partial charge in [-0.2, -0.15) is 0 Å². The number of aliphatic hydroxyl groups excluding tert-OH is 1. The lowest BCUT2D eigenvalue weighted by molar-refractivity contribution is -0.125. The van der Waals surface area contributed by atoms with E-state index in [0.717, 1.165) is 4.88 Å². The highest BCUT2D eigenvalue weighted by Crippen LogP contribution is 2.18. The minimum Gasteiger partial charge on any atom is -0.391 e. The molecule has 5 heteroatoms. The van der Waals surface area contributed by atoms with Gasteiger partial charge in [0.2, 0.25) is 5.91 Å². The average Bonchev–Trinajstić information content (AvgIpc) is 2.68. The van der Waals surface area contributed by atoms with Crippen LogP contribution >= 0.6 is 11.3 Å². The molecule has 0 aliphatic rings. The number of amides is 1. The van der Waals surface area contributed by atoms with E-state index in [0.29, 0.717) is 0 Å². The van der Waals surface area contributed by atoms with Crippen molar-refractivity contribution in [1.29, 1.82) is 0 Å². The number of nitrogens with one attached hydrogen (secondary N) is 1. The zero-order valence-electron chi connectivity index (χ0n) is 9.73. The monoisotopic (exact) mass is 242 g/mol. The highest BCUT2D eigenvalue weighted by atomic mass is 32.1. The van der Waals surface area contributed by atoms with Crippen LogP contribution in [0.15, 0.2) is 17.5 Å². The van der Waals surface area contributed by atoms with Crippen molar-refractivity contribution in [3.8, 4) is 0 Å². The number of carbonyl (C=O) groups excluding carboxylic acids is 1. The van der Waals surface area contributed by atoms with Crippen molar-refractivity contribution >= 4 is 17.2 Å². The lowest BCUT2D eigenvalue weighted by atomic mass is 9.98. The number of carbonyl (C=O) groups is 1. The summed E-state index contributed by atoms with van der Waals surface area (Å²) < 4.78 is 0. The average molecular weight is 242 g/mol. The van der Waals surface area contributed by atoms with E-state index in [2.05, 4.69) is 5.32 Å². The number of hydrogen-bond acceptors (Lipinski definition) is 4. The van der Waals surface area contributed by atoms with Gasteiger partial charge in [-0.3, -0.25) is 4.79 Å². The van der Waals surface area contributed by atoms with Gasteiger partial charge in [0, 0.05) is 4.88 Å². The third-order valence-corrected chi connectivity index (χ3v) is 3.58. The molecular formula is C11H18N2O2S. The molecule has 0 bridgehead atoms. The zero-order valence-corrected chi connectivity index (χ0v) is 10.5. The fourth-order valence-electron chi connectivity index (χ4n) is 1.10. The molecule has 1 aromatic heterocycles. The van der Waals surface area contributed by atoms with Gasteiger partial charge in [-0.25, -0.2) is 0 Å². The van der Waals surface area contributed by atoms with Crippen molar-refractivity contribution in [1.82, 2.24) is 5.32 Å². The molecule has 16 heavy (non-hydrogen) atoms. The molecule has 0 aromatic carbocycles. The second kappa shape index (κ2) is 4.95. The molecule has 4 nitrogen and oxygen atoms in total. The predicted octanol–water partition coefficient (Wildman–Crippen LogP) is 1.02. The first-order chi connectivity index (χ1) is 7.34. The molecule has 2 atom stereocenters. The molecule has 1 aromatic rings. The second-order valence-corrected chi connectivity index (χ2v) is 5.36. The van der Waals surface area contributed by atoms with Gasteiger partial charge in [-0.1, -0.05) is 6.07 Å². The summed E-state index contributed by atoms with van der Waals surface area (Å²) in [6.45, 7) is 5.16. The number of hydrogen-bond donors (Lipinski definition) is 3. The van der Waals surface area contributed by atoms with Crippen LogP contribution in [0.4, 0.5) is 0 Å². The largest absolute Gasteiger partial charge is 0.391 e. The molecule has 0 aliphatic heterocycles. The molecule has 1 amide bonds. The Balaban J connectivity index is 2.66. The molecule has 0 saturated heterocycles. The first kappa shape index (κ1) is 13.2. The lowest BCUT2D eigenvalue weighted by Gasteiger charge is -2.30. The summed E-state index contributed by atoms with van der Waals surface area (Å²) in [5.41, 5.74) is 5.13. The Hall–Kier alpha value is -0.910. The van der Waals surface area contributed by atoms with Crippen LogP contribution in [-0.4, -0.2) is 22.7 Å². The Labute approximate surface area is 99.5 Å². The summed E-state index contributed by atoms with van der Waals surface area (Å²) in [6, 6.07) is 3.01. The van der Waals surface area contributed by atoms with E-state index < -0.39 is 17.7 Å². The maximum absolute atomic E-state index is 11.8. The van der Waals surface area contributed by atoms with E-state index in [4.69, 9.17) is 5.73 Å². The van der Waals surface area contributed by atoms with Crippen molar-refractivity contribution in [2.45, 2.75) is 38.5 Å². The van der Waals surface area contributed by atoms with Crippen molar-refractivity contribution in [3.63, 3.8) is 0 Å². The molecule has 4 N–H and O–H groups in total. The Morgan fingerprint density at radius 3 is 2.69 bits per heavy atom. The minimum atomic E-state index is -0.675. The lowest BCUT2D eigenvalue weighted by Crippen LogP contribution is -2.53. The normalized spacial score (nSPS) is 15.6. The number of thiophene rings is 1. The maximum atomic E-state index is 11.8. The number of aliphatic hydroxyl groups is 1. The summed E-state index contributed by atoms with van der Waals surface area (Å²) in [5.74, 6) is -0.270. The molecule has 1 heterocycles. The van der Waals surface area contributed by atoms with E-state index in [1.54, 1.807) is 20.8 Å². The summed E-state index contributed by atoms with van der Waals surface area (Å²) in [6.07, 6.45) is -0.632. The summed E-state index contributed by atoms with van der Waals surface area (Å²) in [4.78, 5) is 12.6. The zero-order chi connectivity index (χ0) is 12.3. The van der Waals surface area contributed by atoms with Crippen LogP contribution < -0.4 is 11.1 Å². The van der Waals surface area contributed by atoms with Gasteiger partial charge in [-0.15, -0.1) is 11.3 Å². The highest BCUT2D eigenvalue weighted by molar-refractivity contribution is 7.10. The third-order valence-electron chi connectivity index (χ3n) is 2.62. The molecule has 90 valence electrons. The van der Waals surface area contributed by atoms with Crippen LogP contribution in [0.1, 0.15) is 31.7 Å². The Morgan fingerprint density at radius 1 is 1.62 bits per heavy atom. The second-order valence-electron chi connectivity index (χ2n) is 4.38. The molecule has 0 aliphatic carbocycles. The van der Waals surface area contributed by atoms with Gasteiger partial charge in [0.15, 0.2) is 0 Å². The van der Waals surface area contributed by atoms with Gasteiger partial charge in [0.1, 0.15) is 6.04 Å². The van der Waals surface area contributed by atoms with Crippen LogP contribution in [-0.2, 0) is 4.79 Å². The molecule has 2 unspecified atom stereocenters. The highest BCUT2D eigenvalue weighted by Gasteiger charge is 2.28. The molecular weight excluding hydrogens is 224 g/mol. The third kappa shape index (κ3) is 3.04. The first-order valence-electron chi connectivity index (χ1n) is 5.13. The van der Waals surface area contributed by atoms with Gasteiger partial charge in [-0.05, 0) is 32.2 Å². The fraction of sp³-hybridized carbons (Fsp3) is 0.545. The van der Waals surface area contributed by atoms with Crippen molar-refractivity contribution in [2.24, 2.45) is 5.73 Å². The van der Waals surface area contributed by atoms with Crippen LogP contribution in [0.5, 0.6) is 0 Å². The molecule has 0 radical (unpaired) electrons. The van der Waals surface area contributed by atoms with Crippen molar-refractivity contribution in [3.05, 3.63) is 22.4 Å². The van der Waals surface area contributed by atoms with Crippen LogP contribution in [0.3, 0.4) is 0 Å². The quantitative estimate of drug-likeness (QED) is 0.738. The smallest absolute Gasteiger partial charge is 0.242 e. The van der Waals surface area contributed by atoms with E-state index in [1.807, 2.05) is 17.5 Å². The fourth-order valence-corrected chi connectivity index (χ4v) is 1.82. The maximum Gasteiger partial charge on any atom is 0.242 e. The Kier molecular flexibility index (Phi) is 4.07. The van der Waals surface area contributed by atoms with Crippen LogP contribution in [0.25, 0.3) is 0 Å². The van der Waals surface area contributed by atoms with Gasteiger partial charge in [0.25, 0.3) is 0 Å². The minimum absolute atomic E-state index is 0.270. The molecule has 0 saturated carbocycles. The summed E-state index contributed by atoms with van der Waals surface area (Å²) in [7, 11) is 0. The van der Waals surface area contributed by atoms with Crippen molar-refractivity contribution < 1.29 is 9.90 Å². The van der Waals surface area contributed by atoms with Crippen LogP contribution in [0, 0.1) is 0 Å². The number of rotatable bonds is 4. The van der Waals surface area contributed by atoms with Gasteiger partial charge >= 0.3 is 0 Å². The summed E-state index contributed by atoms with van der Waals surface area (Å²) in [5, 5.41) is 14.1. The van der Waals surface area contributed by atoms with Crippen LogP contribution in [0.2, 0.25) is 0 Å². The molecule has 0 fully saturated rings. The first-order valence-corrected chi connectivity index (χ1v) is 6.01. The Morgan fingerprint density at radius 2 is 2.25 bits per heavy atom. The van der Waals surface area contributed by atoms with Gasteiger partial charge < -0.3 is 16.2 Å². The molecule has 1 rings (SSSR count).